The van der Waals surface area contributed by atoms with E-state index in [1.54, 1.807) is 6.20 Å². The molecular weight excluding hydrogens is 376 g/mol. The molecule has 0 radical (unpaired) electrons. The van der Waals surface area contributed by atoms with Gasteiger partial charge in [-0.2, -0.15) is 0 Å². The van der Waals surface area contributed by atoms with E-state index in [-0.39, 0.29) is 23.9 Å². The number of aromatic nitrogens is 2. The first-order valence-corrected chi connectivity index (χ1v) is 9.05. The van der Waals surface area contributed by atoms with Crippen molar-refractivity contribution in [3.05, 3.63) is 16.6 Å². The van der Waals surface area contributed by atoms with Crippen molar-refractivity contribution in [1.82, 2.24) is 20.2 Å². The first-order chi connectivity index (χ1) is 11.4. The number of amides is 2. The normalized spacial score (nSPS) is 23.0. The van der Waals surface area contributed by atoms with Crippen LogP contribution in [0.3, 0.4) is 0 Å². The molecule has 0 aromatic carbocycles. The predicted octanol–water partition coefficient (Wildman–Crippen LogP) is 2.99. The third-order valence-electron chi connectivity index (χ3n) is 4.74. The predicted molar refractivity (Wildman–Crippen MR) is 93.4 cm³/mol. The molecule has 2 rings (SSSR count). The Balaban J connectivity index is 2.26. The second kappa shape index (κ2) is 8.00. The summed E-state index contributed by atoms with van der Waals surface area (Å²) in [6.07, 6.45) is 3.63. The fourth-order valence-corrected chi connectivity index (χ4v) is 3.44. The molecule has 0 spiro atoms. The number of hydrogen-bond donors (Lipinski definition) is 2. The molecular formula is C16H25BrN4O3. The second-order valence-corrected chi connectivity index (χ2v) is 7.16. The van der Waals surface area contributed by atoms with Crippen molar-refractivity contribution in [2.45, 2.75) is 58.2 Å². The van der Waals surface area contributed by atoms with Crippen LogP contribution in [0.4, 0.5) is 4.79 Å². The zero-order valence-corrected chi connectivity index (χ0v) is 16.1. The molecule has 1 aromatic heterocycles. The summed E-state index contributed by atoms with van der Waals surface area (Å²) in [4.78, 5) is 34.2. The number of hydrogen-bond acceptors (Lipinski definition) is 4. The lowest BCUT2D eigenvalue weighted by Crippen LogP contribution is -2.53. The van der Waals surface area contributed by atoms with Crippen LogP contribution < -0.4 is 5.32 Å². The molecule has 2 heterocycles. The molecule has 1 saturated heterocycles. The number of H-pyrrole nitrogens is 1. The molecule has 0 aliphatic carbocycles. The standard InChI is InChI=1S/C16H25BrN4O3/c1-5-9(2)13(20-16(23)24-4)15(22)21-10(3)6-7-11(21)14-18-8-12(17)19-14/h8-11,13H,5-7H2,1-4H3,(H,18,19)(H,20,23)/t9-,10-,11-,13-/m0/s1. The van der Waals surface area contributed by atoms with Gasteiger partial charge in [0.25, 0.3) is 0 Å². The van der Waals surface area contributed by atoms with E-state index >= 15 is 0 Å². The van der Waals surface area contributed by atoms with Crippen molar-refractivity contribution in [3.8, 4) is 0 Å². The molecule has 2 N–H and O–H groups in total. The minimum absolute atomic E-state index is 0.00777. The maximum absolute atomic E-state index is 13.2. The fourth-order valence-electron chi connectivity index (χ4n) is 3.14. The largest absolute Gasteiger partial charge is 0.453 e. The molecule has 8 heteroatoms. The smallest absolute Gasteiger partial charge is 0.407 e. The molecule has 1 fully saturated rings. The third-order valence-corrected chi connectivity index (χ3v) is 5.14. The number of likely N-dealkylation sites (tertiary alicyclic amines) is 1. The van der Waals surface area contributed by atoms with Crippen LogP contribution in [0.5, 0.6) is 0 Å². The number of alkyl carbamates (subject to hydrolysis) is 1. The van der Waals surface area contributed by atoms with E-state index in [0.717, 1.165) is 29.7 Å². The van der Waals surface area contributed by atoms with Crippen molar-refractivity contribution < 1.29 is 14.3 Å². The first-order valence-electron chi connectivity index (χ1n) is 8.26. The molecule has 1 aromatic rings. The Labute approximate surface area is 150 Å². The van der Waals surface area contributed by atoms with E-state index in [9.17, 15) is 9.59 Å². The van der Waals surface area contributed by atoms with Crippen LogP contribution in [-0.4, -0.2) is 46.1 Å². The van der Waals surface area contributed by atoms with Gasteiger partial charge in [-0.25, -0.2) is 9.78 Å². The molecule has 1 aliphatic heterocycles. The number of imidazole rings is 1. The minimum atomic E-state index is -0.607. The first kappa shape index (κ1) is 18.8. The van der Waals surface area contributed by atoms with Crippen LogP contribution in [0.25, 0.3) is 0 Å². The lowest BCUT2D eigenvalue weighted by Gasteiger charge is -2.33. The van der Waals surface area contributed by atoms with Crippen molar-refractivity contribution in [1.29, 1.82) is 0 Å². The van der Waals surface area contributed by atoms with Gasteiger partial charge >= 0.3 is 6.09 Å². The molecule has 1 aliphatic rings. The van der Waals surface area contributed by atoms with Crippen LogP contribution in [0.1, 0.15) is 51.9 Å². The zero-order valence-electron chi connectivity index (χ0n) is 14.5. The Morgan fingerprint density at radius 3 is 2.79 bits per heavy atom. The molecule has 0 bridgehead atoms. The lowest BCUT2D eigenvalue weighted by molar-refractivity contribution is -0.137. The van der Waals surface area contributed by atoms with Gasteiger partial charge in [0, 0.05) is 6.04 Å². The summed E-state index contributed by atoms with van der Waals surface area (Å²) < 4.78 is 5.47. The Morgan fingerprint density at radius 1 is 1.54 bits per heavy atom. The van der Waals surface area contributed by atoms with Crippen LogP contribution >= 0.6 is 15.9 Å². The average molecular weight is 401 g/mol. The Morgan fingerprint density at radius 2 is 2.25 bits per heavy atom. The highest BCUT2D eigenvalue weighted by atomic mass is 79.9. The summed E-state index contributed by atoms with van der Waals surface area (Å²) in [5, 5.41) is 2.70. The van der Waals surface area contributed by atoms with Crippen LogP contribution in [0, 0.1) is 5.92 Å². The Hall–Kier alpha value is -1.57. The number of halogens is 1. The molecule has 7 nitrogen and oxygen atoms in total. The zero-order chi connectivity index (χ0) is 17.9. The summed E-state index contributed by atoms with van der Waals surface area (Å²) in [6, 6.07) is -0.619. The van der Waals surface area contributed by atoms with Gasteiger partial charge in [0.2, 0.25) is 5.91 Å². The van der Waals surface area contributed by atoms with Crippen LogP contribution in [-0.2, 0) is 9.53 Å². The number of nitrogens with zero attached hydrogens (tertiary/aromatic N) is 2. The van der Waals surface area contributed by atoms with Gasteiger partial charge in [0.15, 0.2) is 0 Å². The monoisotopic (exact) mass is 400 g/mol. The highest BCUT2D eigenvalue weighted by Crippen LogP contribution is 2.36. The van der Waals surface area contributed by atoms with Gasteiger partial charge in [-0.3, -0.25) is 4.79 Å². The average Bonchev–Trinajstić information content (AvgIpc) is 3.16. The second-order valence-electron chi connectivity index (χ2n) is 6.30. The van der Waals surface area contributed by atoms with E-state index in [4.69, 9.17) is 0 Å². The lowest BCUT2D eigenvalue weighted by atomic mass is 9.97. The number of carbonyl (C=O) groups excluding carboxylic acids is 2. The van der Waals surface area contributed by atoms with Gasteiger partial charge < -0.3 is 19.9 Å². The fraction of sp³-hybridized carbons (Fsp3) is 0.688. The number of aromatic amines is 1. The van der Waals surface area contributed by atoms with E-state index in [1.807, 2.05) is 25.7 Å². The molecule has 0 saturated carbocycles. The number of ether oxygens (including phenoxy) is 1. The molecule has 0 unspecified atom stereocenters. The quantitative estimate of drug-likeness (QED) is 0.794. The number of carbonyl (C=O) groups is 2. The summed E-state index contributed by atoms with van der Waals surface area (Å²) in [5.74, 6) is 0.686. The summed E-state index contributed by atoms with van der Waals surface area (Å²) in [6.45, 7) is 5.98. The van der Waals surface area contributed by atoms with Crippen molar-refractivity contribution >= 4 is 27.9 Å². The molecule has 134 valence electrons. The SMILES string of the molecule is CC[C@H](C)[C@H](NC(=O)OC)C(=O)N1[C@@H](C)CC[C@H]1c1ncc(Br)[nH]1. The number of nitrogens with one attached hydrogen (secondary N) is 2. The van der Waals surface area contributed by atoms with Gasteiger partial charge in [0.05, 0.1) is 19.3 Å². The van der Waals surface area contributed by atoms with Gasteiger partial charge in [0.1, 0.15) is 16.5 Å². The van der Waals surface area contributed by atoms with Gasteiger partial charge in [-0.15, -0.1) is 0 Å². The van der Waals surface area contributed by atoms with E-state index < -0.39 is 12.1 Å². The summed E-state index contributed by atoms with van der Waals surface area (Å²) in [7, 11) is 1.30. The van der Waals surface area contributed by atoms with Crippen molar-refractivity contribution in [3.63, 3.8) is 0 Å². The number of rotatable bonds is 5. The van der Waals surface area contributed by atoms with Gasteiger partial charge in [-0.1, -0.05) is 20.3 Å². The summed E-state index contributed by atoms with van der Waals surface area (Å²) >= 11 is 3.36. The maximum Gasteiger partial charge on any atom is 0.407 e. The third kappa shape index (κ3) is 3.91. The summed E-state index contributed by atoms with van der Waals surface area (Å²) in [5.41, 5.74) is 0. The van der Waals surface area contributed by atoms with Crippen molar-refractivity contribution in [2.24, 2.45) is 5.92 Å². The van der Waals surface area contributed by atoms with E-state index in [2.05, 4.69) is 36.0 Å². The molecule has 2 amide bonds. The van der Waals surface area contributed by atoms with E-state index in [1.165, 1.54) is 7.11 Å². The topological polar surface area (TPSA) is 87.3 Å². The van der Waals surface area contributed by atoms with Crippen LogP contribution in [0.15, 0.2) is 10.8 Å². The maximum atomic E-state index is 13.2. The molecule has 24 heavy (non-hydrogen) atoms. The van der Waals surface area contributed by atoms with E-state index in [0.29, 0.717) is 0 Å². The highest BCUT2D eigenvalue weighted by molar-refractivity contribution is 9.10. The number of methoxy groups -OCH3 is 1. The molecule has 4 atom stereocenters. The highest BCUT2D eigenvalue weighted by Gasteiger charge is 2.41. The Kier molecular flexibility index (Phi) is 6.26. The van der Waals surface area contributed by atoms with Crippen LogP contribution in [0.2, 0.25) is 0 Å². The van der Waals surface area contributed by atoms with Gasteiger partial charge in [-0.05, 0) is 41.6 Å². The van der Waals surface area contributed by atoms with Crippen molar-refractivity contribution in [2.75, 3.05) is 7.11 Å². The minimum Gasteiger partial charge on any atom is -0.453 e. The Bertz CT molecular complexity index is 592.